The Morgan fingerprint density at radius 3 is 2.57 bits per heavy atom. The molecule has 0 spiro atoms. The SMILES string of the molecule is Cc1[se]c(-c2c(O)ccc3c2[Si](C)(c2ccccc2)C2=CC(=O)C=CC2=N3)cc1Br. The molecule has 0 radical (unpaired) electrons. The summed E-state index contributed by atoms with van der Waals surface area (Å²) in [5.74, 6) is 0.275. The fourth-order valence-electron chi connectivity index (χ4n) is 4.36. The van der Waals surface area contributed by atoms with E-state index in [2.05, 4.69) is 47.6 Å². The van der Waals surface area contributed by atoms with Crippen molar-refractivity contribution in [3.63, 3.8) is 0 Å². The second-order valence-corrected chi connectivity index (χ2v) is 15.0. The van der Waals surface area contributed by atoms with Gasteiger partial charge >= 0.3 is 191 Å². The van der Waals surface area contributed by atoms with Gasteiger partial charge in [-0.05, 0) is 0 Å². The summed E-state index contributed by atoms with van der Waals surface area (Å²) in [4.78, 5) is 17.3. The van der Waals surface area contributed by atoms with Gasteiger partial charge in [0, 0.05) is 0 Å². The van der Waals surface area contributed by atoms with Crippen molar-refractivity contribution in [3.05, 3.63) is 80.9 Å². The number of nitrogens with zero attached hydrogens (tertiary/aromatic N) is 1. The third-order valence-electron chi connectivity index (χ3n) is 5.86. The molecular formula is C24H18BrNO2SeSi. The number of hydrogen-bond donors (Lipinski definition) is 1. The van der Waals surface area contributed by atoms with E-state index in [0.29, 0.717) is 0 Å². The normalized spacial score (nSPS) is 19.8. The van der Waals surface area contributed by atoms with Gasteiger partial charge in [0.25, 0.3) is 0 Å². The zero-order chi connectivity index (χ0) is 21.0. The Bertz CT molecular complexity index is 1290. The summed E-state index contributed by atoms with van der Waals surface area (Å²) in [5, 5.41) is 14.3. The number of fused-ring (bicyclic) bond motifs is 2. The van der Waals surface area contributed by atoms with Crippen molar-refractivity contribution in [1.29, 1.82) is 0 Å². The molecule has 6 heteroatoms. The van der Waals surface area contributed by atoms with Gasteiger partial charge in [-0.2, -0.15) is 0 Å². The van der Waals surface area contributed by atoms with Crippen LogP contribution in [0.25, 0.3) is 10.0 Å². The standard InChI is InChI=1S/C24H18BrNO2SeSi/c1-14-17(25)13-21(29-14)23-20(28)11-10-19-24(23)30(2,16-6-4-3-5-7-16)22-12-15(27)8-9-18(22)26-19/h3-13,28H,1-2H3. The second kappa shape index (κ2) is 7.17. The summed E-state index contributed by atoms with van der Waals surface area (Å²) in [6, 6.07) is 16.2. The molecule has 1 aliphatic carbocycles. The van der Waals surface area contributed by atoms with E-state index in [1.807, 2.05) is 30.3 Å². The second-order valence-electron chi connectivity index (χ2n) is 7.65. The Kier molecular flexibility index (Phi) is 4.71. The number of phenolic OH excluding ortho intramolecular Hbond substituents is 1. The van der Waals surface area contributed by atoms with Crippen LogP contribution in [0.2, 0.25) is 6.55 Å². The Labute approximate surface area is 190 Å². The van der Waals surface area contributed by atoms with Crippen molar-refractivity contribution in [3.8, 4) is 15.8 Å². The maximum atomic E-state index is 12.4. The van der Waals surface area contributed by atoms with E-state index in [1.165, 1.54) is 9.62 Å². The summed E-state index contributed by atoms with van der Waals surface area (Å²) in [7, 11) is -2.59. The molecular weight excluding hydrogens is 521 g/mol. The van der Waals surface area contributed by atoms with Crippen LogP contribution in [0.15, 0.2) is 81.4 Å². The van der Waals surface area contributed by atoms with Gasteiger partial charge in [-0.1, -0.05) is 0 Å². The number of rotatable bonds is 2. The van der Waals surface area contributed by atoms with Crippen LogP contribution in [0.5, 0.6) is 5.75 Å². The maximum absolute atomic E-state index is 12.4. The van der Waals surface area contributed by atoms with Gasteiger partial charge in [0.15, 0.2) is 0 Å². The average molecular weight is 539 g/mol. The quantitative estimate of drug-likeness (QED) is 0.395. The number of hydrogen-bond acceptors (Lipinski definition) is 3. The minimum atomic E-state index is -2.59. The zero-order valence-corrected chi connectivity index (χ0v) is 20.7. The Morgan fingerprint density at radius 1 is 1.10 bits per heavy atom. The van der Waals surface area contributed by atoms with Crippen LogP contribution in [-0.4, -0.2) is 39.2 Å². The number of carbonyl (C=O) groups is 1. The van der Waals surface area contributed by atoms with E-state index >= 15 is 0 Å². The first-order valence-corrected chi connectivity index (χ1v) is 14.6. The average Bonchev–Trinajstić information content (AvgIpc) is 3.07. The molecule has 30 heavy (non-hydrogen) atoms. The molecule has 1 aromatic heterocycles. The van der Waals surface area contributed by atoms with Crippen LogP contribution in [0.3, 0.4) is 0 Å². The molecule has 1 aliphatic heterocycles. The molecule has 2 heterocycles. The van der Waals surface area contributed by atoms with E-state index in [-0.39, 0.29) is 26.0 Å². The van der Waals surface area contributed by atoms with Crippen molar-refractivity contribution < 1.29 is 9.90 Å². The number of carbonyl (C=O) groups excluding carboxylic acids is 1. The number of aromatic hydroxyl groups is 1. The van der Waals surface area contributed by atoms with Gasteiger partial charge in [-0.15, -0.1) is 0 Å². The van der Waals surface area contributed by atoms with Crippen molar-refractivity contribution in [2.45, 2.75) is 13.5 Å². The van der Waals surface area contributed by atoms with E-state index in [4.69, 9.17) is 4.99 Å². The third kappa shape index (κ3) is 2.90. The van der Waals surface area contributed by atoms with Crippen molar-refractivity contribution in [2.75, 3.05) is 0 Å². The first-order chi connectivity index (χ1) is 14.4. The van der Waals surface area contributed by atoms with E-state index < -0.39 is 8.07 Å². The van der Waals surface area contributed by atoms with E-state index in [1.54, 1.807) is 18.2 Å². The van der Waals surface area contributed by atoms with Gasteiger partial charge in [0.1, 0.15) is 0 Å². The molecule has 0 amide bonds. The fourth-order valence-corrected chi connectivity index (χ4v) is 11.8. The predicted molar refractivity (Wildman–Crippen MR) is 130 cm³/mol. The van der Waals surface area contributed by atoms with Crippen LogP contribution in [-0.2, 0) is 4.79 Å². The molecule has 3 aromatic rings. The van der Waals surface area contributed by atoms with Crippen molar-refractivity contribution in [1.82, 2.24) is 0 Å². The molecule has 0 fully saturated rings. The topological polar surface area (TPSA) is 49.7 Å². The molecule has 5 rings (SSSR count). The molecule has 0 bridgehead atoms. The number of halogens is 1. The molecule has 3 nitrogen and oxygen atoms in total. The zero-order valence-electron chi connectivity index (χ0n) is 16.4. The first kappa shape index (κ1) is 19.7. The molecule has 0 saturated carbocycles. The number of allylic oxidation sites excluding steroid dienone is 4. The van der Waals surface area contributed by atoms with Crippen molar-refractivity contribution >= 4 is 66.1 Å². The molecule has 2 aromatic carbocycles. The van der Waals surface area contributed by atoms with Gasteiger partial charge in [-0.3, -0.25) is 0 Å². The minimum absolute atomic E-state index is 0.00619. The Hall–Kier alpha value is -2.24. The fraction of sp³-hybridized carbons (Fsp3) is 0.0833. The molecule has 0 saturated heterocycles. The van der Waals surface area contributed by atoms with Gasteiger partial charge in [0.2, 0.25) is 0 Å². The van der Waals surface area contributed by atoms with E-state index in [9.17, 15) is 9.90 Å². The number of phenols is 1. The third-order valence-corrected chi connectivity index (χ3v) is 14.0. The van der Waals surface area contributed by atoms with Gasteiger partial charge < -0.3 is 0 Å². The van der Waals surface area contributed by atoms with Crippen molar-refractivity contribution in [2.24, 2.45) is 4.99 Å². The molecule has 1 unspecified atom stereocenters. The summed E-state index contributed by atoms with van der Waals surface area (Å²) in [5.41, 5.74) is 2.65. The van der Waals surface area contributed by atoms with Crippen LogP contribution in [0, 0.1) is 6.92 Å². The summed E-state index contributed by atoms with van der Waals surface area (Å²) in [6.45, 7) is 4.39. The monoisotopic (exact) mass is 539 g/mol. The van der Waals surface area contributed by atoms with Crippen LogP contribution >= 0.6 is 15.9 Å². The molecule has 1 atom stereocenters. The number of aryl methyl sites for hydroxylation is 1. The molecule has 1 N–H and O–H groups in total. The van der Waals surface area contributed by atoms with Gasteiger partial charge in [-0.25, -0.2) is 0 Å². The Balaban J connectivity index is 1.92. The van der Waals surface area contributed by atoms with Crippen LogP contribution in [0.1, 0.15) is 4.44 Å². The predicted octanol–water partition coefficient (Wildman–Crippen LogP) is 4.07. The summed E-state index contributed by atoms with van der Waals surface area (Å²) >= 11 is 3.78. The first-order valence-electron chi connectivity index (χ1n) is 9.61. The Morgan fingerprint density at radius 2 is 1.87 bits per heavy atom. The number of aliphatic imine (C=N–C) groups is 1. The summed E-state index contributed by atoms with van der Waals surface area (Å²) in [6.07, 6.45) is 5.17. The summed E-state index contributed by atoms with van der Waals surface area (Å²) < 4.78 is 3.54. The molecule has 2 aliphatic rings. The van der Waals surface area contributed by atoms with E-state index in [0.717, 1.165) is 36.3 Å². The molecule has 148 valence electrons. The number of ketones is 1. The van der Waals surface area contributed by atoms with Crippen LogP contribution < -0.4 is 10.4 Å². The van der Waals surface area contributed by atoms with Gasteiger partial charge in [0.05, 0.1) is 0 Å². The number of benzene rings is 2. The van der Waals surface area contributed by atoms with Crippen LogP contribution in [0.4, 0.5) is 5.69 Å².